The summed E-state index contributed by atoms with van der Waals surface area (Å²) in [5.41, 5.74) is 0.583. The van der Waals surface area contributed by atoms with E-state index in [9.17, 15) is 13.2 Å². The molecule has 24 heavy (non-hydrogen) atoms. The predicted octanol–water partition coefficient (Wildman–Crippen LogP) is 2.47. The van der Waals surface area contributed by atoms with Crippen molar-refractivity contribution >= 4 is 33.4 Å². The fourth-order valence-electron chi connectivity index (χ4n) is 1.94. The summed E-state index contributed by atoms with van der Waals surface area (Å²) in [6, 6.07) is 5.80. The first-order valence-corrected chi connectivity index (χ1v) is 10.5. The topological polar surface area (TPSA) is 84.5 Å². The van der Waals surface area contributed by atoms with Crippen molar-refractivity contribution in [1.29, 1.82) is 0 Å². The zero-order valence-electron chi connectivity index (χ0n) is 14.4. The molecule has 0 bridgehead atoms. The zero-order valence-corrected chi connectivity index (χ0v) is 16.0. The van der Waals surface area contributed by atoms with Crippen LogP contribution >= 0.6 is 11.8 Å². The van der Waals surface area contributed by atoms with Crippen molar-refractivity contribution in [3.8, 4) is 0 Å². The summed E-state index contributed by atoms with van der Waals surface area (Å²) in [6.45, 7) is 4.13. The number of ether oxygens (including phenoxy) is 1. The van der Waals surface area contributed by atoms with Crippen molar-refractivity contribution in [3.63, 3.8) is 0 Å². The van der Waals surface area contributed by atoms with Crippen LogP contribution in [0.4, 0.5) is 5.69 Å². The Hall–Kier alpha value is -1.09. The molecular formula is C16H26N2O4S2. The molecule has 0 radical (unpaired) electrons. The fraction of sp³-hybridized carbons (Fsp3) is 0.562. The highest BCUT2D eigenvalue weighted by atomic mass is 32.2. The molecule has 6 nitrogen and oxygen atoms in total. The summed E-state index contributed by atoms with van der Waals surface area (Å²) in [6.07, 6.45) is 2.21. The summed E-state index contributed by atoms with van der Waals surface area (Å²) < 4.78 is 31.8. The van der Waals surface area contributed by atoms with Gasteiger partial charge in [-0.15, -0.1) is 0 Å². The Morgan fingerprint density at radius 3 is 2.54 bits per heavy atom. The van der Waals surface area contributed by atoms with Crippen molar-refractivity contribution in [2.24, 2.45) is 0 Å². The third-order valence-corrected chi connectivity index (χ3v) is 5.75. The van der Waals surface area contributed by atoms with Crippen LogP contribution in [0.5, 0.6) is 0 Å². The zero-order chi connectivity index (χ0) is 18.0. The molecule has 2 N–H and O–H groups in total. The third kappa shape index (κ3) is 7.65. The van der Waals surface area contributed by atoms with Crippen molar-refractivity contribution in [3.05, 3.63) is 24.3 Å². The number of anilines is 1. The SMILES string of the molecule is CCCCSCC(=O)Nc1ccc(S(=O)(=O)NC(C)COC)cc1. The molecule has 0 aliphatic heterocycles. The standard InChI is InChI=1S/C16H26N2O4S2/c1-4-5-10-23-12-16(19)17-14-6-8-15(9-7-14)24(20,21)18-13(2)11-22-3/h6-9,13,18H,4-5,10-12H2,1-3H3,(H,17,19). The molecule has 0 fully saturated rings. The van der Waals surface area contributed by atoms with E-state index in [1.54, 1.807) is 30.8 Å². The van der Waals surface area contributed by atoms with Crippen LogP contribution in [0.1, 0.15) is 26.7 Å². The smallest absolute Gasteiger partial charge is 0.240 e. The van der Waals surface area contributed by atoms with Gasteiger partial charge in [0.2, 0.25) is 15.9 Å². The lowest BCUT2D eigenvalue weighted by Crippen LogP contribution is -2.35. The van der Waals surface area contributed by atoms with Crippen LogP contribution < -0.4 is 10.0 Å². The molecule has 0 saturated heterocycles. The van der Waals surface area contributed by atoms with Crippen LogP contribution in [-0.2, 0) is 19.6 Å². The van der Waals surface area contributed by atoms with Gasteiger partial charge in [0, 0.05) is 18.8 Å². The number of amides is 1. The van der Waals surface area contributed by atoms with Gasteiger partial charge in [0.1, 0.15) is 0 Å². The molecule has 8 heteroatoms. The Bertz CT molecular complexity index is 603. The van der Waals surface area contributed by atoms with Crippen LogP contribution in [0, 0.1) is 0 Å². The van der Waals surface area contributed by atoms with Crippen LogP contribution in [-0.4, -0.2) is 45.6 Å². The van der Waals surface area contributed by atoms with Crippen LogP contribution in [0.25, 0.3) is 0 Å². The van der Waals surface area contributed by atoms with E-state index in [4.69, 9.17) is 4.74 Å². The minimum Gasteiger partial charge on any atom is -0.383 e. The maximum absolute atomic E-state index is 12.2. The molecule has 0 aliphatic carbocycles. The Balaban J connectivity index is 2.57. The van der Waals surface area contributed by atoms with Gasteiger partial charge in [-0.2, -0.15) is 11.8 Å². The second kappa shape index (κ2) is 10.7. The largest absolute Gasteiger partial charge is 0.383 e. The minimum absolute atomic E-state index is 0.0847. The first-order chi connectivity index (χ1) is 11.4. The van der Waals surface area contributed by atoms with E-state index < -0.39 is 10.0 Å². The number of sulfonamides is 1. The summed E-state index contributed by atoms with van der Waals surface area (Å²) in [4.78, 5) is 12.0. The van der Waals surface area contributed by atoms with Crippen LogP contribution in [0.2, 0.25) is 0 Å². The maximum Gasteiger partial charge on any atom is 0.240 e. The molecule has 1 rings (SSSR count). The summed E-state index contributed by atoms with van der Waals surface area (Å²) in [5, 5.41) is 2.76. The predicted molar refractivity (Wildman–Crippen MR) is 99.0 cm³/mol. The van der Waals surface area contributed by atoms with Gasteiger partial charge in [0.25, 0.3) is 0 Å². The number of hydrogen-bond donors (Lipinski definition) is 2. The van der Waals surface area contributed by atoms with E-state index in [1.165, 1.54) is 19.2 Å². The van der Waals surface area contributed by atoms with Crippen LogP contribution in [0.3, 0.4) is 0 Å². The third-order valence-electron chi connectivity index (χ3n) is 3.10. The number of carbonyl (C=O) groups excluding carboxylic acids is 1. The average molecular weight is 375 g/mol. The number of benzene rings is 1. The molecule has 1 aromatic carbocycles. The number of unbranched alkanes of at least 4 members (excludes halogenated alkanes) is 1. The number of rotatable bonds is 11. The van der Waals surface area contributed by atoms with E-state index in [2.05, 4.69) is 17.0 Å². The number of thioether (sulfide) groups is 1. The Kier molecular flexibility index (Phi) is 9.35. The summed E-state index contributed by atoms with van der Waals surface area (Å²) in [5.74, 6) is 1.28. The lowest BCUT2D eigenvalue weighted by atomic mass is 10.3. The second-order valence-electron chi connectivity index (χ2n) is 5.46. The molecule has 1 atom stereocenters. The maximum atomic E-state index is 12.2. The normalized spacial score (nSPS) is 12.8. The molecule has 1 unspecified atom stereocenters. The minimum atomic E-state index is -3.59. The summed E-state index contributed by atoms with van der Waals surface area (Å²) >= 11 is 1.59. The van der Waals surface area contributed by atoms with E-state index >= 15 is 0 Å². The van der Waals surface area contributed by atoms with Crippen molar-refractivity contribution in [1.82, 2.24) is 4.72 Å². The van der Waals surface area contributed by atoms with E-state index in [0.29, 0.717) is 18.0 Å². The van der Waals surface area contributed by atoms with Gasteiger partial charge < -0.3 is 10.1 Å². The van der Waals surface area contributed by atoms with Crippen LogP contribution in [0.15, 0.2) is 29.2 Å². The molecule has 0 saturated carbocycles. The molecule has 1 aromatic rings. The Labute approximate surface area is 148 Å². The van der Waals surface area contributed by atoms with E-state index in [0.717, 1.165) is 18.6 Å². The molecule has 0 aromatic heterocycles. The van der Waals surface area contributed by atoms with E-state index in [-0.39, 0.29) is 16.8 Å². The molecule has 136 valence electrons. The molecular weight excluding hydrogens is 348 g/mol. The van der Waals surface area contributed by atoms with Crippen molar-refractivity contribution in [2.75, 3.05) is 30.5 Å². The van der Waals surface area contributed by atoms with Gasteiger partial charge in [-0.1, -0.05) is 13.3 Å². The number of hydrogen-bond acceptors (Lipinski definition) is 5. The lowest BCUT2D eigenvalue weighted by molar-refractivity contribution is -0.113. The highest BCUT2D eigenvalue weighted by Gasteiger charge is 2.17. The van der Waals surface area contributed by atoms with Gasteiger partial charge in [-0.3, -0.25) is 4.79 Å². The first kappa shape index (κ1) is 21.0. The molecule has 0 heterocycles. The highest BCUT2D eigenvalue weighted by Crippen LogP contribution is 2.15. The molecule has 1 amide bonds. The average Bonchev–Trinajstić information content (AvgIpc) is 2.52. The van der Waals surface area contributed by atoms with Gasteiger partial charge >= 0.3 is 0 Å². The number of carbonyl (C=O) groups is 1. The molecule has 0 aliphatic rings. The Morgan fingerprint density at radius 2 is 1.96 bits per heavy atom. The highest BCUT2D eigenvalue weighted by molar-refractivity contribution is 7.99. The van der Waals surface area contributed by atoms with Gasteiger partial charge in [0.15, 0.2) is 0 Å². The number of nitrogens with one attached hydrogen (secondary N) is 2. The van der Waals surface area contributed by atoms with E-state index in [1.807, 2.05) is 0 Å². The quantitative estimate of drug-likeness (QED) is 0.581. The lowest BCUT2D eigenvalue weighted by Gasteiger charge is -2.13. The second-order valence-corrected chi connectivity index (χ2v) is 8.28. The van der Waals surface area contributed by atoms with Crippen molar-refractivity contribution in [2.45, 2.75) is 37.6 Å². The van der Waals surface area contributed by atoms with Gasteiger partial charge in [-0.05, 0) is 43.4 Å². The van der Waals surface area contributed by atoms with Crippen molar-refractivity contribution < 1.29 is 17.9 Å². The Morgan fingerprint density at radius 1 is 1.29 bits per heavy atom. The van der Waals surface area contributed by atoms with Gasteiger partial charge in [-0.25, -0.2) is 13.1 Å². The molecule has 0 spiro atoms. The monoisotopic (exact) mass is 374 g/mol. The fourth-order valence-corrected chi connectivity index (χ4v) is 4.07. The summed E-state index contributed by atoms with van der Waals surface area (Å²) in [7, 11) is -2.08. The first-order valence-electron chi connectivity index (χ1n) is 7.88. The number of methoxy groups -OCH3 is 1. The van der Waals surface area contributed by atoms with Gasteiger partial charge in [0.05, 0.1) is 17.3 Å².